The molecule has 2 rings (SSSR count). The van der Waals surface area contributed by atoms with E-state index in [0.717, 1.165) is 16.7 Å². The number of carbonyl (C=O) groups is 2. The van der Waals surface area contributed by atoms with Crippen molar-refractivity contribution in [2.24, 2.45) is 0 Å². The Bertz CT molecular complexity index is 752. The minimum absolute atomic E-state index is 0.159. The van der Waals surface area contributed by atoms with Crippen molar-refractivity contribution in [3.63, 3.8) is 0 Å². The summed E-state index contributed by atoms with van der Waals surface area (Å²) < 4.78 is 5.10. The molecule has 0 spiro atoms. The van der Waals surface area contributed by atoms with E-state index in [1.807, 2.05) is 37.3 Å². The smallest absolute Gasteiger partial charge is 0.408 e. The molecule has 0 aliphatic heterocycles. The number of nitrogens with zero attached hydrogens (tertiary/aromatic N) is 1. The van der Waals surface area contributed by atoms with E-state index in [1.165, 1.54) is 0 Å². The fraction of sp³-hybridized carbons (Fsp3) is 0.316. The molecule has 1 aromatic heterocycles. The monoisotopic (exact) mass is 341 g/mol. The van der Waals surface area contributed by atoms with Gasteiger partial charge in [0, 0.05) is 18.1 Å². The molecule has 0 bridgehead atoms. The van der Waals surface area contributed by atoms with Crippen LogP contribution in [0.3, 0.4) is 0 Å². The number of carbonyl (C=O) groups excluding carboxylic acids is 2. The van der Waals surface area contributed by atoms with Crippen molar-refractivity contribution < 1.29 is 14.3 Å². The van der Waals surface area contributed by atoms with Gasteiger partial charge in [-0.2, -0.15) is 0 Å². The molecule has 2 amide bonds. The van der Waals surface area contributed by atoms with Crippen molar-refractivity contribution in [3.8, 4) is 11.1 Å². The summed E-state index contributed by atoms with van der Waals surface area (Å²) >= 11 is 0. The summed E-state index contributed by atoms with van der Waals surface area (Å²) in [5.41, 5.74) is 3.02. The molecule has 6 heteroatoms. The van der Waals surface area contributed by atoms with Gasteiger partial charge in [-0.25, -0.2) is 4.79 Å². The van der Waals surface area contributed by atoms with Crippen LogP contribution in [0.1, 0.15) is 26.3 Å². The van der Waals surface area contributed by atoms with Gasteiger partial charge in [0.25, 0.3) is 0 Å². The van der Waals surface area contributed by atoms with Crippen LogP contribution in [0.25, 0.3) is 11.1 Å². The summed E-state index contributed by atoms with van der Waals surface area (Å²) in [6.07, 6.45) is 2.82. The molecule has 2 aromatic rings. The zero-order chi connectivity index (χ0) is 18.4. The van der Waals surface area contributed by atoms with Crippen molar-refractivity contribution in [2.75, 3.05) is 11.9 Å². The number of nitrogens with one attached hydrogen (secondary N) is 2. The Morgan fingerprint density at radius 1 is 1.08 bits per heavy atom. The Balaban J connectivity index is 2.00. The number of pyridine rings is 1. The van der Waals surface area contributed by atoms with E-state index in [1.54, 1.807) is 33.2 Å². The maximum absolute atomic E-state index is 12.1. The zero-order valence-electron chi connectivity index (χ0n) is 14.9. The predicted octanol–water partition coefficient (Wildman–Crippen LogP) is 3.52. The SMILES string of the molecule is Cc1ccc(-c2ccncc2)cc1NC(=O)CNC(=O)OC(C)(C)C. The molecule has 0 fully saturated rings. The third kappa shape index (κ3) is 5.91. The van der Waals surface area contributed by atoms with Gasteiger partial charge in [0.05, 0.1) is 0 Å². The summed E-state index contributed by atoms with van der Waals surface area (Å²) in [7, 11) is 0. The minimum Gasteiger partial charge on any atom is -0.444 e. The molecule has 0 atom stereocenters. The number of alkyl carbamates (subject to hydrolysis) is 1. The summed E-state index contributed by atoms with van der Waals surface area (Å²) in [6, 6.07) is 9.63. The third-order valence-electron chi connectivity index (χ3n) is 3.32. The third-order valence-corrected chi connectivity index (χ3v) is 3.32. The van der Waals surface area contributed by atoms with E-state index in [4.69, 9.17) is 4.74 Å². The molecule has 2 N–H and O–H groups in total. The topological polar surface area (TPSA) is 80.3 Å². The molecule has 25 heavy (non-hydrogen) atoms. The number of hydrogen-bond acceptors (Lipinski definition) is 4. The van der Waals surface area contributed by atoms with Crippen molar-refractivity contribution in [1.29, 1.82) is 0 Å². The number of amides is 2. The normalized spacial score (nSPS) is 10.9. The molecular formula is C19H23N3O3. The molecule has 0 aliphatic carbocycles. The van der Waals surface area contributed by atoms with E-state index in [9.17, 15) is 9.59 Å². The molecule has 0 unspecified atom stereocenters. The van der Waals surface area contributed by atoms with E-state index >= 15 is 0 Å². The molecule has 1 heterocycles. The van der Waals surface area contributed by atoms with E-state index in [-0.39, 0.29) is 12.5 Å². The number of hydrogen-bond donors (Lipinski definition) is 2. The van der Waals surface area contributed by atoms with Crippen LogP contribution in [0.2, 0.25) is 0 Å². The number of anilines is 1. The first-order valence-corrected chi connectivity index (χ1v) is 8.02. The second kappa shape index (κ2) is 7.79. The van der Waals surface area contributed by atoms with Crippen LogP contribution in [0.4, 0.5) is 10.5 Å². The first-order valence-electron chi connectivity index (χ1n) is 8.02. The average Bonchev–Trinajstić information content (AvgIpc) is 2.54. The minimum atomic E-state index is -0.620. The van der Waals surface area contributed by atoms with Crippen molar-refractivity contribution in [2.45, 2.75) is 33.3 Å². The van der Waals surface area contributed by atoms with E-state index < -0.39 is 11.7 Å². The molecule has 6 nitrogen and oxygen atoms in total. The molecule has 1 aromatic carbocycles. The highest BCUT2D eigenvalue weighted by atomic mass is 16.6. The van der Waals surface area contributed by atoms with Gasteiger partial charge in [0.15, 0.2) is 0 Å². The summed E-state index contributed by atoms with van der Waals surface area (Å²) in [5.74, 6) is -0.319. The van der Waals surface area contributed by atoms with Crippen LogP contribution < -0.4 is 10.6 Å². The predicted molar refractivity (Wildman–Crippen MR) is 97.3 cm³/mol. The highest BCUT2D eigenvalue weighted by molar-refractivity contribution is 5.95. The first-order chi connectivity index (χ1) is 11.7. The van der Waals surface area contributed by atoms with E-state index in [2.05, 4.69) is 15.6 Å². The average molecular weight is 341 g/mol. The lowest BCUT2D eigenvalue weighted by Crippen LogP contribution is -2.37. The maximum atomic E-state index is 12.1. The van der Waals surface area contributed by atoms with Crippen LogP contribution in [-0.2, 0) is 9.53 Å². The fourth-order valence-electron chi connectivity index (χ4n) is 2.14. The van der Waals surface area contributed by atoms with Crippen LogP contribution in [0.5, 0.6) is 0 Å². The number of ether oxygens (including phenoxy) is 1. The van der Waals surface area contributed by atoms with Gasteiger partial charge >= 0.3 is 6.09 Å². The quantitative estimate of drug-likeness (QED) is 0.891. The van der Waals surface area contributed by atoms with Crippen molar-refractivity contribution in [3.05, 3.63) is 48.3 Å². The van der Waals surface area contributed by atoms with Gasteiger partial charge in [-0.05, 0) is 62.6 Å². The summed E-state index contributed by atoms with van der Waals surface area (Å²) in [4.78, 5) is 27.7. The Kier molecular flexibility index (Phi) is 5.75. The Labute approximate surface area is 147 Å². The second-order valence-corrected chi connectivity index (χ2v) is 6.67. The van der Waals surface area contributed by atoms with Gasteiger partial charge < -0.3 is 15.4 Å². The van der Waals surface area contributed by atoms with Crippen LogP contribution >= 0.6 is 0 Å². The Morgan fingerprint density at radius 2 is 1.76 bits per heavy atom. The number of aromatic nitrogens is 1. The van der Waals surface area contributed by atoms with Gasteiger partial charge in [0.2, 0.25) is 5.91 Å². The van der Waals surface area contributed by atoms with Crippen molar-refractivity contribution in [1.82, 2.24) is 10.3 Å². The molecule has 0 radical (unpaired) electrons. The highest BCUT2D eigenvalue weighted by Crippen LogP contribution is 2.24. The zero-order valence-corrected chi connectivity index (χ0v) is 14.9. The Hall–Kier alpha value is -2.89. The van der Waals surface area contributed by atoms with Gasteiger partial charge in [-0.1, -0.05) is 12.1 Å². The highest BCUT2D eigenvalue weighted by Gasteiger charge is 2.16. The summed E-state index contributed by atoms with van der Waals surface area (Å²) in [6.45, 7) is 7.04. The standard InChI is InChI=1S/C19H23N3O3/c1-13-5-6-15(14-7-9-20-10-8-14)11-16(13)22-17(23)12-21-18(24)25-19(2,3)4/h5-11H,12H2,1-4H3,(H,21,24)(H,22,23). The number of rotatable bonds is 4. The molecule has 0 aliphatic rings. The molecule has 0 saturated carbocycles. The second-order valence-electron chi connectivity index (χ2n) is 6.67. The largest absolute Gasteiger partial charge is 0.444 e. The first kappa shape index (κ1) is 18.4. The number of benzene rings is 1. The Morgan fingerprint density at radius 3 is 2.40 bits per heavy atom. The molecule has 132 valence electrons. The number of aryl methyl sites for hydroxylation is 1. The lowest BCUT2D eigenvalue weighted by atomic mass is 10.0. The lowest BCUT2D eigenvalue weighted by Gasteiger charge is -2.19. The molecule has 0 saturated heterocycles. The van der Waals surface area contributed by atoms with Crippen molar-refractivity contribution >= 4 is 17.7 Å². The fourth-order valence-corrected chi connectivity index (χ4v) is 2.14. The van der Waals surface area contributed by atoms with Crippen LogP contribution in [-0.4, -0.2) is 29.1 Å². The molecular weight excluding hydrogens is 318 g/mol. The summed E-state index contributed by atoms with van der Waals surface area (Å²) in [5, 5.41) is 5.26. The van der Waals surface area contributed by atoms with E-state index in [0.29, 0.717) is 5.69 Å². The van der Waals surface area contributed by atoms with Crippen LogP contribution in [0, 0.1) is 6.92 Å². The van der Waals surface area contributed by atoms with Crippen LogP contribution in [0.15, 0.2) is 42.7 Å². The lowest BCUT2D eigenvalue weighted by molar-refractivity contribution is -0.115. The van der Waals surface area contributed by atoms with Gasteiger partial charge in [-0.3, -0.25) is 9.78 Å². The maximum Gasteiger partial charge on any atom is 0.408 e. The van der Waals surface area contributed by atoms with Gasteiger partial charge in [0.1, 0.15) is 12.1 Å². The van der Waals surface area contributed by atoms with Gasteiger partial charge in [-0.15, -0.1) is 0 Å².